The van der Waals surface area contributed by atoms with Gasteiger partial charge in [0.25, 0.3) is 0 Å². The molecule has 2 aliphatic rings. The summed E-state index contributed by atoms with van der Waals surface area (Å²) in [5.41, 5.74) is 2.21. The van der Waals surface area contributed by atoms with Crippen LogP contribution in [0.25, 0.3) is 0 Å². The summed E-state index contributed by atoms with van der Waals surface area (Å²) in [6.07, 6.45) is 9.34. The quantitative estimate of drug-likeness (QED) is 0.515. The molecule has 5 nitrogen and oxygen atoms in total. The van der Waals surface area contributed by atoms with Gasteiger partial charge in [-0.05, 0) is 64.2 Å². The van der Waals surface area contributed by atoms with E-state index in [1.807, 2.05) is 18.2 Å². The third-order valence-electron chi connectivity index (χ3n) is 5.98. The fraction of sp³-hybridized carbons (Fsp3) is 0.520. The summed E-state index contributed by atoms with van der Waals surface area (Å²) in [4.78, 5) is 0. The van der Waals surface area contributed by atoms with Gasteiger partial charge in [-0.3, -0.25) is 0 Å². The van der Waals surface area contributed by atoms with E-state index in [0.29, 0.717) is 31.6 Å². The van der Waals surface area contributed by atoms with E-state index in [4.69, 9.17) is 18.9 Å². The van der Waals surface area contributed by atoms with Crippen LogP contribution in [-0.4, -0.2) is 26.4 Å². The van der Waals surface area contributed by atoms with Crippen LogP contribution in [0, 0.1) is 0 Å². The molecule has 0 spiro atoms. The third kappa shape index (κ3) is 6.07. The zero-order valence-corrected chi connectivity index (χ0v) is 19.8. The maximum absolute atomic E-state index is 6.13. The van der Waals surface area contributed by atoms with Crippen molar-refractivity contribution >= 4 is 15.9 Å². The first-order valence-electron chi connectivity index (χ1n) is 11.3. The predicted octanol–water partition coefficient (Wildman–Crippen LogP) is 6.01. The van der Waals surface area contributed by atoms with Crippen molar-refractivity contribution in [2.45, 2.75) is 64.1 Å². The van der Waals surface area contributed by atoms with Crippen LogP contribution in [0.4, 0.5) is 0 Å². The van der Waals surface area contributed by atoms with Crippen molar-refractivity contribution in [2.75, 3.05) is 20.3 Å². The second kappa shape index (κ2) is 11.1. The molecule has 2 aromatic carbocycles. The second-order valence-corrected chi connectivity index (χ2v) is 9.15. The molecule has 4 rings (SSSR count). The minimum Gasteiger partial charge on any atom is -0.493 e. The van der Waals surface area contributed by atoms with Crippen molar-refractivity contribution in [3.8, 4) is 23.0 Å². The first kappa shape index (κ1) is 22.3. The van der Waals surface area contributed by atoms with Gasteiger partial charge in [0, 0.05) is 12.6 Å². The molecule has 1 aliphatic heterocycles. The molecule has 1 saturated carbocycles. The first-order chi connectivity index (χ1) is 15.2. The zero-order chi connectivity index (χ0) is 21.5. The molecule has 0 atom stereocenters. The van der Waals surface area contributed by atoms with Crippen LogP contribution in [0.5, 0.6) is 23.0 Å². The Morgan fingerprint density at radius 3 is 2.45 bits per heavy atom. The van der Waals surface area contributed by atoms with Crippen molar-refractivity contribution in [1.29, 1.82) is 0 Å². The molecule has 1 heterocycles. The van der Waals surface area contributed by atoms with E-state index in [2.05, 4.69) is 33.4 Å². The Balaban J connectivity index is 1.39. The highest BCUT2D eigenvalue weighted by Crippen LogP contribution is 2.38. The van der Waals surface area contributed by atoms with E-state index in [9.17, 15) is 0 Å². The van der Waals surface area contributed by atoms with Crippen LogP contribution in [-0.2, 0) is 13.2 Å². The molecule has 1 N–H and O–H groups in total. The highest BCUT2D eigenvalue weighted by Gasteiger charge is 2.16. The van der Waals surface area contributed by atoms with Gasteiger partial charge < -0.3 is 24.3 Å². The van der Waals surface area contributed by atoms with Crippen molar-refractivity contribution in [2.24, 2.45) is 0 Å². The number of nitrogens with one attached hydrogen (secondary N) is 1. The number of methoxy groups -OCH3 is 1. The maximum Gasteiger partial charge on any atom is 0.175 e. The van der Waals surface area contributed by atoms with Crippen molar-refractivity contribution in [3.05, 3.63) is 45.9 Å². The van der Waals surface area contributed by atoms with Gasteiger partial charge in [-0.1, -0.05) is 38.2 Å². The molecule has 1 aliphatic carbocycles. The number of rotatable bonds is 7. The van der Waals surface area contributed by atoms with Gasteiger partial charge in [0.15, 0.2) is 23.0 Å². The molecular weight excluding hydrogens is 458 g/mol. The smallest absolute Gasteiger partial charge is 0.175 e. The molecule has 0 amide bonds. The largest absolute Gasteiger partial charge is 0.493 e. The number of hydrogen-bond donors (Lipinski definition) is 1. The molecule has 0 unspecified atom stereocenters. The Kier molecular flexibility index (Phi) is 7.97. The highest BCUT2D eigenvalue weighted by atomic mass is 79.9. The third-order valence-corrected chi connectivity index (χ3v) is 6.57. The standard InChI is InChI=1S/C25H32BrNO4/c1-28-24-15-19(16-27-20-7-5-3-2-4-6-8-20)13-21(26)25(24)31-17-18-9-10-22-23(14-18)30-12-11-29-22/h9-10,13-15,20,27H,2-8,11-12,16-17H2,1H3. The van der Waals surface area contributed by atoms with E-state index in [-0.39, 0.29) is 0 Å². The molecule has 0 saturated heterocycles. The monoisotopic (exact) mass is 489 g/mol. The normalized spacial score (nSPS) is 17.0. The van der Waals surface area contributed by atoms with Crippen LogP contribution < -0.4 is 24.3 Å². The van der Waals surface area contributed by atoms with E-state index in [1.165, 1.54) is 50.5 Å². The Labute approximate surface area is 193 Å². The number of benzene rings is 2. The second-order valence-electron chi connectivity index (χ2n) is 8.30. The van der Waals surface area contributed by atoms with E-state index in [1.54, 1.807) is 7.11 Å². The Hall–Kier alpha value is -1.92. The topological polar surface area (TPSA) is 49.0 Å². The lowest BCUT2D eigenvalue weighted by Gasteiger charge is -2.22. The number of halogens is 1. The fourth-order valence-electron chi connectivity index (χ4n) is 4.27. The number of fused-ring (bicyclic) bond motifs is 1. The Morgan fingerprint density at radius 2 is 1.68 bits per heavy atom. The fourth-order valence-corrected chi connectivity index (χ4v) is 4.87. The molecule has 0 radical (unpaired) electrons. The lowest BCUT2D eigenvalue weighted by Crippen LogP contribution is -2.29. The molecule has 168 valence electrons. The molecule has 1 fully saturated rings. The highest BCUT2D eigenvalue weighted by molar-refractivity contribution is 9.10. The van der Waals surface area contributed by atoms with Crippen LogP contribution in [0.1, 0.15) is 56.1 Å². The molecule has 2 aromatic rings. The summed E-state index contributed by atoms with van der Waals surface area (Å²) in [5, 5.41) is 3.75. The van der Waals surface area contributed by atoms with E-state index >= 15 is 0 Å². The number of hydrogen-bond acceptors (Lipinski definition) is 5. The summed E-state index contributed by atoms with van der Waals surface area (Å²) in [6.45, 7) is 2.43. The van der Waals surface area contributed by atoms with Crippen LogP contribution >= 0.6 is 15.9 Å². The summed E-state index contributed by atoms with van der Waals surface area (Å²) in [6, 6.07) is 10.7. The van der Waals surface area contributed by atoms with E-state index < -0.39 is 0 Å². The van der Waals surface area contributed by atoms with Gasteiger partial charge in [0.2, 0.25) is 0 Å². The summed E-state index contributed by atoms with van der Waals surface area (Å²) in [5.74, 6) is 3.01. The molecular formula is C25H32BrNO4. The molecule has 6 heteroatoms. The summed E-state index contributed by atoms with van der Waals surface area (Å²) >= 11 is 3.68. The van der Waals surface area contributed by atoms with Gasteiger partial charge in [-0.25, -0.2) is 0 Å². The average molecular weight is 490 g/mol. The van der Waals surface area contributed by atoms with Gasteiger partial charge >= 0.3 is 0 Å². The number of ether oxygens (including phenoxy) is 4. The van der Waals surface area contributed by atoms with Crippen LogP contribution in [0.3, 0.4) is 0 Å². The van der Waals surface area contributed by atoms with Crippen molar-refractivity contribution in [1.82, 2.24) is 5.32 Å². The maximum atomic E-state index is 6.13. The first-order valence-corrected chi connectivity index (χ1v) is 12.1. The van der Waals surface area contributed by atoms with Crippen molar-refractivity contribution < 1.29 is 18.9 Å². The van der Waals surface area contributed by atoms with Gasteiger partial charge in [-0.15, -0.1) is 0 Å². The Bertz CT molecular complexity index is 865. The summed E-state index contributed by atoms with van der Waals surface area (Å²) in [7, 11) is 1.69. The van der Waals surface area contributed by atoms with Gasteiger partial charge in [0.05, 0.1) is 11.6 Å². The van der Waals surface area contributed by atoms with Gasteiger partial charge in [-0.2, -0.15) is 0 Å². The molecule has 31 heavy (non-hydrogen) atoms. The summed E-state index contributed by atoms with van der Waals surface area (Å²) < 4.78 is 23.9. The zero-order valence-electron chi connectivity index (χ0n) is 18.3. The lowest BCUT2D eigenvalue weighted by molar-refractivity contribution is 0.171. The average Bonchev–Trinajstić information content (AvgIpc) is 2.77. The minimum atomic E-state index is 0.422. The van der Waals surface area contributed by atoms with Gasteiger partial charge in [0.1, 0.15) is 19.8 Å². The van der Waals surface area contributed by atoms with E-state index in [0.717, 1.165) is 33.8 Å². The predicted molar refractivity (Wildman–Crippen MR) is 125 cm³/mol. The lowest BCUT2D eigenvalue weighted by atomic mass is 9.96. The van der Waals surface area contributed by atoms with Crippen LogP contribution in [0.2, 0.25) is 0 Å². The molecule has 0 bridgehead atoms. The van der Waals surface area contributed by atoms with Crippen molar-refractivity contribution in [3.63, 3.8) is 0 Å². The SMILES string of the molecule is COc1cc(CNC2CCCCCCC2)cc(Br)c1OCc1ccc2c(c1)OCCO2. The van der Waals surface area contributed by atoms with Crippen LogP contribution in [0.15, 0.2) is 34.8 Å². The minimum absolute atomic E-state index is 0.422. The Morgan fingerprint density at radius 1 is 0.935 bits per heavy atom. The molecule has 0 aromatic heterocycles.